The second kappa shape index (κ2) is 6.26. The molecule has 17 heavy (non-hydrogen) atoms. The lowest BCUT2D eigenvalue weighted by molar-refractivity contribution is -0.174. The van der Waals surface area contributed by atoms with Crippen LogP contribution in [0, 0.1) is 5.92 Å². The van der Waals surface area contributed by atoms with E-state index in [0.717, 1.165) is 25.7 Å². The fourth-order valence-corrected chi connectivity index (χ4v) is 2.36. The van der Waals surface area contributed by atoms with Gasteiger partial charge in [0.1, 0.15) is 0 Å². The molecule has 0 aliphatic heterocycles. The maximum atomic E-state index is 12.0. The van der Waals surface area contributed by atoms with Gasteiger partial charge in [0.05, 0.1) is 0 Å². The van der Waals surface area contributed by atoms with Crippen molar-refractivity contribution < 1.29 is 18.0 Å². The highest BCUT2D eigenvalue weighted by atomic mass is 19.4. The van der Waals surface area contributed by atoms with E-state index in [2.05, 4.69) is 12.2 Å². The molecule has 0 unspecified atom stereocenters. The Morgan fingerprint density at radius 1 is 1.24 bits per heavy atom. The van der Waals surface area contributed by atoms with Crippen molar-refractivity contribution in [1.29, 1.82) is 0 Å². The number of alkyl halides is 3. The summed E-state index contributed by atoms with van der Waals surface area (Å²) in [6, 6.07) is -0.290. The molecule has 100 valence electrons. The van der Waals surface area contributed by atoms with Crippen LogP contribution in [-0.4, -0.2) is 18.1 Å². The molecule has 0 aromatic heterocycles. The van der Waals surface area contributed by atoms with Crippen LogP contribution in [0.25, 0.3) is 0 Å². The summed E-state index contributed by atoms with van der Waals surface area (Å²) in [5.41, 5.74) is 0. The molecule has 1 rings (SSSR count). The number of amides is 1. The zero-order chi connectivity index (χ0) is 12.9. The van der Waals surface area contributed by atoms with E-state index in [1.54, 1.807) is 0 Å². The number of nitrogens with one attached hydrogen (secondary N) is 1. The van der Waals surface area contributed by atoms with E-state index in [0.29, 0.717) is 18.8 Å². The van der Waals surface area contributed by atoms with Crippen molar-refractivity contribution in [2.45, 2.75) is 64.1 Å². The smallest absolute Gasteiger partial charge is 0.346 e. The standard InChI is InChI=1S/C12H20F3NO/c1-2-3-4-9-5-7-10(8-6-9)16-11(17)12(13,14)15/h9-10H,2-8H2,1H3,(H,16,17)/t9-,10-. The van der Waals surface area contributed by atoms with Crippen molar-refractivity contribution in [1.82, 2.24) is 5.32 Å². The van der Waals surface area contributed by atoms with Crippen LogP contribution in [-0.2, 0) is 4.79 Å². The quantitative estimate of drug-likeness (QED) is 0.815. The molecule has 1 N–H and O–H groups in total. The summed E-state index contributed by atoms with van der Waals surface area (Å²) in [5, 5.41) is 2.07. The Bertz CT molecular complexity index is 245. The Kier molecular flexibility index (Phi) is 5.28. The van der Waals surface area contributed by atoms with E-state index >= 15 is 0 Å². The Morgan fingerprint density at radius 3 is 2.29 bits per heavy atom. The van der Waals surface area contributed by atoms with E-state index in [-0.39, 0.29) is 6.04 Å². The van der Waals surface area contributed by atoms with Gasteiger partial charge in [0.25, 0.3) is 0 Å². The molecule has 1 saturated carbocycles. The minimum atomic E-state index is -4.75. The number of rotatable bonds is 4. The van der Waals surface area contributed by atoms with Crippen molar-refractivity contribution in [3.63, 3.8) is 0 Å². The molecule has 0 atom stereocenters. The second-order valence-corrected chi connectivity index (χ2v) is 4.83. The van der Waals surface area contributed by atoms with Crippen LogP contribution in [0.3, 0.4) is 0 Å². The van der Waals surface area contributed by atoms with Crippen molar-refractivity contribution >= 4 is 5.91 Å². The van der Waals surface area contributed by atoms with Crippen LogP contribution < -0.4 is 5.32 Å². The third-order valence-corrected chi connectivity index (χ3v) is 3.41. The molecule has 1 aliphatic carbocycles. The highest BCUT2D eigenvalue weighted by Crippen LogP contribution is 2.28. The molecular weight excluding hydrogens is 231 g/mol. The predicted octanol–water partition coefficient (Wildman–Crippen LogP) is 3.41. The molecule has 0 radical (unpaired) electrons. The molecule has 0 aromatic carbocycles. The first kappa shape index (κ1) is 14.3. The van der Waals surface area contributed by atoms with Crippen molar-refractivity contribution in [2.75, 3.05) is 0 Å². The van der Waals surface area contributed by atoms with Crippen molar-refractivity contribution in [3.8, 4) is 0 Å². The zero-order valence-corrected chi connectivity index (χ0v) is 10.1. The summed E-state index contributed by atoms with van der Waals surface area (Å²) in [6.07, 6.45) is 1.97. The normalized spacial score (nSPS) is 25.6. The molecule has 0 bridgehead atoms. The number of halogens is 3. The van der Waals surface area contributed by atoms with Crippen LogP contribution >= 0.6 is 0 Å². The van der Waals surface area contributed by atoms with Gasteiger partial charge in [-0.2, -0.15) is 13.2 Å². The van der Waals surface area contributed by atoms with Gasteiger partial charge in [-0.3, -0.25) is 4.79 Å². The molecule has 0 spiro atoms. The second-order valence-electron chi connectivity index (χ2n) is 4.83. The van der Waals surface area contributed by atoms with E-state index < -0.39 is 12.1 Å². The minimum Gasteiger partial charge on any atom is -0.346 e. The van der Waals surface area contributed by atoms with Crippen molar-refractivity contribution in [3.05, 3.63) is 0 Å². The van der Waals surface area contributed by atoms with Crippen LogP contribution in [0.15, 0.2) is 0 Å². The molecular formula is C12H20F3NO. The minimum absolute atomic E-state index is 0.290. The van der Waals surface area contributed by atoms with Crippen LogP contribution in [0.2, 0.25) is 0 Å². The van der Waals surface area contributed by atoms with Gasteiger partial charge in [0, 0.05) is 6.04 Å². The average molecular weight is 251 g/mol. The van der Waals surface area contributed by atoms with Gasteiger partial charge in [-0.25, -0.2) is 0 Å². The Morgan fingerprint density at radius 2 is 1.82 bits per heavy atom. The Labute approximate surface area is 100.0 Å². The zero-order valence-electron chi connectivity index (χ0n) is 10.1. The number of hydrogen-bond acceptors (Lipinski definition) is 1. The first-order valence-electron chi connectivity index (χ1n) is 6.31. The molecule has 0 aromatic rings. The largest absolute Gasteiger partial charge is 0.471 e. The molecule has 1 amide bonds. The molecule has 1 aliphatic rings. The SMILES string of the molecule is CCCC[C@H]1CC[C@H](NC(=O)C(F)(F)F)CC1. The lowest BCUT2D eigenvalue weighted by Gasteiger charge is -2.29. The van der Waals surface area contributed by atoms with Gasteiger partial charge in [0.15, 0.2) is 0 Å². The third-order valence-electron chi connectivity index (χ3n) is 3.41. The summed E-state index contributed by atoms with van der Waals surface area (Å²) >= 11 is 0. The van der Waals surface area contributed by atoms with E-state index in [1.807, 2.05) is 0 Å². The van der Waals surface area contributed by atoms with Crippen LogP contribution in [0.1, 0.15) is 51.9 Å². The number of unbranched alkanes of at least 4 members (excludes halogenated alkanes) is 1. The first-order chi connectivity index (χ1) is 7.93. The monoisotopic (exact) mass is 251 g/mol. The summed E-state index contributed by atoms with van der Waals surface area (Å²) < 4.78 is 36.1. The topological polar surface area (TPSA) is 29.1 Å². The van der Waals surface area contributed by atoms with Gasteiger partial charge in [0.2, 0.25) is 0 Å². The summed E-state index contributed by atoms with van der Waals surface area (Å²) in [6.45, 7) is 2.13. The van der Waals surface area contributed by atoms with E-state index in [1.165, 1.54) is 6.42 Å². The average Bonchev–Trinajstić information content (AvgIpc) is 2.27. The fourth-order valence-electron chi connectivity index (χ4n) is 2.36. The third kappa shape index (κ3) is 4.96. The molecule has 0 saturated heterocycles. The lowest BCUT2D eigenvalue weighted by atomic mass is 9.83. The van der Waals surface area contributed by atoms with Crippen molar-refractivity contribution in [2.24, 2.45) is 5.92 Å². The molecule has 2 nitrogen and oxygen atoms in total. The summed E-state index contributed by atoms with van der Waals surface area (Å²) in [4.78, 5) is 10.8. The van der Waals surface area contributed by atoms with E-state index in [9.17, 15) is 18.0 Å². The maximum absolute atomic E-state index is 12.0. The highest BCUT2D eigenvalue weighted by molar-refractivity contribution is 5.81. The number of hydrogen-bond donors (Lipinski definition) is 1. The molecule has 0 heterocycles. The van der Waals surface area contributed by atoms with Gasteiger partial charge in [-0.15, -0.1) is 0 Å². The first-order valence-corrected chi connectivity index (χ1v) is 6.31. The Hall–Kier alpha value is -0.740. The van der Waals surface area contributed by atoms with Gasteiger partial charge in [-0.05, 0) is 31.6 Å². The van der Waals surface area contributed by atoms with Crippen LogP contribution in [0.5, 0.6) is 0 Å². The van der Waals surface area contributed by atoms with Gasteiger partial charge >= 0.3 is 12.1 Å². The van der Waals surface area contributed by atoms with Gasteiger partial charge < -0.3 is 5.32 Å². The fraction of sp³-hybridized carbons (Fsp3) is 0.917. The highest BCUT2D eigenvalue weighted by Gasteiger charge is 2.40. The number of carbonyl (C=O) groups is 1. The lowest BCUT2D eigenvalue weighted by Crippen LogP contribution is -2.44. The Balaban J connectivity index is 2.25. The van der Waals surface area contributed by atoms with Gasteiger partial charge in [-0.1, -0.05) is 26.2 Å². The molecule has 5 heteroatoms. The summed E-state index contributed by atoms with van der Waals surface area (Å²) in [5.74, 6) is -1.16. The van der Waals surface area contributed by atoms with E-state index in [4.69, 9.17) is 0 Å². The van der Waals surface area contributed by atoms with Crippen LogP contribution in [0.4, 0.5) is 13.2 Å². The summed E-state index contributed by atoms with van der Waals surface area (Å²) in [7, 11) is 0. The molecule has 1 fully saturated rings. The number of carbonyl (C=O) groups excluding carboxylic acids is 1. The maximum Gasteiger partial charge on any atom is 0.471 e. The predicted molar refractivity (Wildman–Crippen MR) is 59.5 cm³/mol.